The third-order valence-electron chi connectivity index (χ3n) is 15.3. The number of nitro groups is 1. The first-order valence-electron chi connectivity index (χ1n) is 28.4. The highest BCUT2D eigenvalue weighted by Gasteiger charge is 2.27. The summed E-state index contributed by atoms with van der Waals surface area (Å²) in [6.07, 6.45) is 15.5. The number of aliphatic imine (C=N–C) groups is 3. The van der Waals surface area contributed by atoms with Crippen molar-refractivity contribution in [2.24, 2.45) is 15.0 Å². The number of ketones is 3. The molecule has 0 amide bonds. The van der Waals surface area contributed by atoms with Gasteiger partial charge in [-0.25, -0.2) is 0 Å². The maximum Gasteiger partial charge on any atom is 0.373 e. The van der Waals surface area contributed by atoms with Crippen molar-refractivity contribution in [2.75, 3.05) is 73.6 Å². The Morgan fingerprint density at radius 2 is 0.729 bits per heavy atom. The molecule has 0 aliphatic carbocycles. The van der Waals surface area contributed by atoms with E-state index in [-0.39, 0.29) is 66.0 Å². The first-order valence-corrected chi connectivity index (χ1v) is 28.8. The van der Waals surface area contributed by atoms with Gasteiger partial charge in [-0.3, -0.25) is 39.5 Å². The molecule has 12 rings (SSSR count). The fourth-order valence-corrected chi connectivity index (χ4v) is 11.5. The van der Waals surface area contributed by atoms with Crippen LogP contribution in [0.1, 0.15) is 142 Å². The predicted octanol–water partition coefficient (Wildman–Crippen LogP) is 11.1. The predicted molar refractivity (Wildman–Crippen MR) is 322 cm³/mol. The van der Waals surface area contributed by atoms with Gasteiger partial charge in [-0.15, -0.1) is 0 Å². The van der Waals surface area contributed by atoms with Gasteiger partial charge in [0.1, 0.15) is 25.3 Å². The molecule has 0 atom stereocenters. The number of carbonyl (C=O) groups is 3. The van der Waals surface area contributed by atoms with Crippen LogP contribution in [0.2, 0.25) is 5.02 Å². The van der Waals surface area contributed by atoms with Crippen molar-refractivity contribution in [2.45, 2.75) is 77.0 Å². The Bertz CT molecular complexity index is 3510. The normalized spacial score (nSPS) is 16.0. The maximum atomic E-state index is 12.1. The molecular formula is C66H64ClN7O11. The van der Waals surface area contributed by atoms with E-state index in [1.54, 1.807) is 12.1 Å². The Balaban J connectivity index is 0.000000171. The van der Waals surface area contributed by atoms with Gasteiger partial charge in [0.05, 0.1) is 27.1 Å². The molecule has 0 aromatic heterocycles. The Morgan fingerprint density at radius 3 is 1.14 bits per heavy atom. The Labute approximate surface area is 497 Å². The number of hydrogen-bond acceptors (Lipinski definition) is 17. The fraction of sp³-hybridized carbons (Fsp3) is 0.318. The number of anilines is 3. The van der Waals surface area contributed by atoms with Crippen LogP contribution in [0.4, 0.5) is 22.7 Å². The smallest absolute Gasteiger partial charge is 0.372 e. The molecule has 0 saturated carbocycles. The molecule has 3 saturated heterocycles. The van der Waals surface area contributed by atoms with E-state index in [0.717, 1.165) is 102 Å². The van der Waals surface area contributed by atoms with E-state index in [0.29, 0.717) is 27.5 Å². The van der Waals surface area contributed by atoms with E-state index in [1.807, 2.05) is 91.0 Å². The molecule has 6 aromatic carbocycles. The molecule has 6 aromatic rings. The highest BCUT2D eigenvalue weighted by atomic mass is 35.5. The second-order valence-electron chi connectivity index (χ2n) is 20.5. The molecule has 18 nitrogen and oxygen atoms in total. The van der Waals surface area contributed by atoms with Crippen molar-refractivity contribution in [3.8, 4) is 0 Å². The van der Waals surface area contributed by atoms with Gasteiger partial charge in [0, 0.05) is 107 Å². The van der Waals surface area contributed by atoms with Gasteiger partial charge in [0.15, 0.2) is 17.3 Å². The van der Waals surface area contributed by atoms with Crippen LogP contribution in [0.3, 0.4) is 0 Å². The number of benzene rings is 6. The second kappa shape index (κ2) is 32.4. The minimum absolute atomic E-state index is 0.0231. The maximum absolute atomic E-state index is 12.1. The Kier molecular flexibility index (Phi) is 24.1. The zero-order valence-corrected chi connectivity index (χ0v) is 47.8. The summed E-state index contributed by atoms with van der Waals surface area (Å²) in [4.78, 5) is 117. The van der Waals surface area contributed by atoms with Gasteiger partial charge in [0.25, 0.3) is 5.69 Å². The van der Waals surface area contributed by atoms with Gasteiger partial charge in [-0.05, 0) is 74.9 Å². The quantitative estimate of drug-likeness (QED) is 0.107. The number of fused-ring (bicyclic) bond motifs is 3. The van der Waals surface area contributed by atoms with Crippen LogP contribution in [-0.2, 0) is 28.8 Å². The van der Waals surface area contributed by atoms with Crippen molar-refractivity contribution in [1.29, 1.82) is 0 Å². The Hall–Kier alpha value is -9.43. The summed E-state index contributed by atoms with van der Waals surface area (Å²) in [6.45, 7) is 6.69. The first-order chi connectivity index (χ1) is 41.5. The summed E-state index contributed by atoms with van der Waals surface area (Å²) >= 11 is 6.63. The molecular weight excluding hydrogens is 1100 g/mol. The van der Waals surface area contributed by atoms with Gasteiger partial charge >= 0.3 is 18.5 Å². The standard InChI is InChI=1S/C21H21ClN2O.C21H21N3O3.C21H22N2O.3CO2/c22-19-13-15(24-11-5-1-2-6-12-24)9-10-18(19)21-17-8-4-3-7-16(17)20(25)14-23-21;25-20-14-22-21(17-8-4-3-7-16(17)20)15-9-10-18(19(13-15)24(26)27)23-11-5-1-2-6-12-23;24-20-15-22-21(19-8-4-3-7-18(19)20)16-9-11-17(12-10-16)23-13-5-1-2-6-14-23;3*2-1-3/h3-4,7-10,13H,1-2,5-6,11-12,14H2;3-4,7-10,13H,1-2,5-6,11-12,14H2;3-4,7-12H,1-2,5-6,13-15H2;;;. The summed E-state index contributed by atoms with van der Waals surface area (Å²) in [6, 6.07) is 43.0. The van der Waals surface area contributed by atoms with Crippen LogP contribution in [0.5, 0.6) is 0 Å². The number of carbonyl (C=O) groups excluding carboxylic acids is 9. The van der Waals surface area contributed by atoms with Crippen LogP contribution in [0.25, 0.3) is 0 Å². The van der Waals surface area contributed by atoms with E-state index < -0.39 is 0 Å². The third-order valence-corrected chi connectivity index (χ3v) is 15.6. The minimum atomic E-state index is -0.315. The SMILES string of the molecule is O=C1CN=C(c2ccc(N3CCCCCC3)c([N+](=O)[O-])c2)c2ccccc21.O=C1CN=C(c2ccc(N3CCCCCC3)cc2)c2ccccc21.O=C1CN=C(c2ccc(N3CCCCCC3)cc2Cl)c2ccccc21.O=C=O.O=C=O.O=C=O. The highest BCUT2D eigenvalue weighted by Crippen LogP contribution is 2.34. The molecule has 6 aliphatic heterocycles. The van der Waals surface area contributed by atoms with Gasteiger partial charge < -0.3 is 14.7 Å². The van der Waals surface area contributed by atoms with E-state index in [1.165, 1.54) is 75.6 Å². The Morgan fingerprint density at radius 1 is 0.388 bits per heavy atom. The number of hydrogen-bond donors (Lipinski definition) is 0. The van der Waals surface area contributed by atoms with Crippen molar-refractivity contribution < 1.29 is 48.1 Å². The van der Waals surface area contributed by atoms with Crippen LogP contribution in [0, 0.1) is 10.1 Å². The molecule has 0 radical (unpaired) electrons. The van der Waals surface area contributed by atoms with Gasteiger partial charge in [-0.2, -0.15) is 28.8 Å². The summed E-state index contributed by atoms with van der Waals surface area (Å²) < 4.78 is 0. The summed E-state index contributed by atoms with van der Waals surface area (Å²) in [5.41, 5.74) is 13.1. The number of halogens is 1. The van der Waals surface area contributed by atoms with Crippen LogP contribution in [0.15, 0.2) is 148 Å². The highest BCUT2D eigenvalue weighted by molar-refractivity contribution is 6.36. The molecule has 85 heavy (non-hydrogen) atoms. The van der Waals surface area contributed by atoms with Crippen molar-refractivity contribution in [3.05, 3.63) is 199 Å². The third kappa shape index (κ3) is 16.7. The molecule has 0 spiro atoms. The lowest BCUT2D eigenvalue weighted by Crippen LogP contribution is -2.25. The van der Waals surface area contributed by atoms with Gasteiger partial charge in [0.2, 0.25) is 0 Å². The molecule has 3 fully saturated rings. The monoisotopic (exact) mass is 1170 g/mol. The van der Waals surface area contributed by atoms with Crippen molar-refractivity contribution in [1.82, 2.24) is 0 Å². The second-order valence-corrected chi connectivity index (χ2v) is 20.9. The van der Waals surface area contributed by atoms with Gasteiger partial charge in [-0.1, -0.05) is 141 Å². The lowest BCUT2D eigenvalue weighted by Gasteiger charge is -2.24. The average Bonchev–Trinajstić information content (AvgIpc) is 3.61. The number of rotatable bonds is 7. The number of Topliss-reactive ketones (excluding diaryl/α,β-unsaturated/α-hetero) is 3. The van der Waals surface area contributed by atoms with Crippen LogP contribution in [-0.4, -0.2) is 117 Å². The van der Waals surface area contributed by atoms with Crippen molar-refractivity contribution >= 4 is 87.3 Å². The zero-order chi connectivity index (χ0) is 60.5. The van der Waals surface area contributed by atoms with Crippen molar-refractivity contribution in [3.63, 3.8) is 0 Å². The number of nitro benzene ring substituents is 1. The molecule has 6 heterocycles. The lowest BCUT2D eigenvalue weighted by atomic mass is 9.92. The largest absolute Gasteiger partial charge is 0.373 e. The van der Waals surface area contributed by atoms with E-state index in [9.17, 15) is 24.5 Å². The molecule has 19 heteroatoms. The first kappa shape index (κ1) is 63.2. The molecule has 0 unspecified atom stereocenters. The average molecular weight is 1170 g/mol. The van der Waals surface area contributed by atoms with E-state index in [2.05, 4.69) is 60.0 Å². The lowest BCUT2D eigenvalue weighted by molar-refractivity contribution is -0.384. The molecule has 6 aliphatic rings. The summed E-state index contributed by atoms with van der Waals surface area (Å²) in [5.74, 6) is 0.150. The topological polar surface area (TPSA) is 244 Å². The molecule has 436 valence electrons. The fourth-order valence-electron chi connectivity index (χ4n) is 11.3. The van der Waals surface area contributed by atoms with Crippen LogP contribution >= 0.6 is 11.6 Å². The van der Waals surface area contributed by atoms with E-state index >= 15 is 0 Å². The van der Waals surface area contributed by atoms with Crippen LogP contribution < -0.4 is 14.7 Å². The summed E-state index contributed by atoms with van der Waals surface area (Å²) in [5, 5.41) is 12.5. The zero-order valence-electron chi connectivity index (χ0n) is 47.1. The summed E-state index contributed by atoms with van der Waals surface area (Å²) in [7, 11) is 0. The minimum Gasteiger partial charge on any atom is -0.372 e. The number of nitrogens with zero attached hydrogens (tertiary/aromatic N) is 7. The molecule has 0 N–H and O–H groups in total. The molecule has 0 bridgehead atoms. The van der Waals surface area contributed by atoms with E-state index in [4.69, 9.17) is 40.4 Å².